The zero-order valence-electron chi connectivity index (χ0n) is 11.3. The summed E-state index contributed by atoms with van der Waals surface area (Å²) in [5, 5.41) is 3.59. The summed E-state index contributed by atoms with van der Waals surface area (Å²) in [4.78, 5) is 0. The van der Waals surface area contributed by atoms with Gasteiger partial charge in [-0.3, -0.25) is 0 Å². The number of hydrogen-bond acceptors (Lipinski definition) is 3. The first kappa shape index (κ1) is 13.4. The molecule has 3 nitrogen and oxygen atoms in total. The Morgan fingerprint density at radius 1 is 1.39 bits per heavy atom. The topological polar surface area (TPSA) is 30.5 Å². The fourth-order valence-electron chi connectivity index (χ4n) is 2.62. The molecule has 1 aliphatic rings. The molecule has 0 spiro atoms. The third kappa shape index (κ3) is 3.24. The van der Waals surface area contributed by atoms with Crippen LogP contribution in [0, 0.1) is 5.92 Å². The average molecular weight is 249 g/mol. The number of methoxy groups -OCH3 is 1. The van der Waals surface area contributed by atoms with Crippen molar-refractivity contribution in [1.82, 2.24) is 5.32 Å². The SMILES string of the molecule is CCNC(c1ccc(OC)cc1)C1CCCOC1. The fraction of sp³-hybridized carbons (Fsp3) is 0.600. The monoisotopic (exact) mass is 249 g/mol. The number of nitrogens with one attached hydrogen (secondary N) is 1. The van der Waals surface area contributed by atoms with E-state index in [2.05, 4.69) is 24.4 Å². The smallest absolute Gasteiger partial charge is 0.118 e. The Kier molecular flexibility index (Phi) is 5.02. The minimum atomic E-state index is 0.390. The standard InChI is InChI=1S/C15H23NO2/c1-3-16-15(13-5-4-10-18-11-13)12-6-8-14(17-2)9-7-12/h6-9,13,15-16H,3-5,10-11H2,1-2H3. The van der Waals surface area contributed by atoms with Gasteiger partial charge >= 0.3 is 0 Å². The van der Waals surface area contributed by atoms with Gasteiger partial charge in [0.15, 0.2) is 0 Å². The lowest BCUT2D eigenvalue weighted by Gasteiger charge is -2.31. The molecule has 0 aliphatic carbocycles. The third-order valence-corrected chi connectivity index (χ3v) is 3.57. The lowest BCUT2D eigenvalue weighted by atomic mass is 9.88. The van der Waals surface area contributed by atoms with Gasteiger partial charge in [0.05, 0.1) is 13.7 Å². The Balaban J connectivity index is 2.11. The van der Waals surface area contributed by atoms with Crippen molar-refractivity contribution in [3.05, 3.63) is 29.8 Å². The summed E-state index contributed by atoms with van der Waals surface area (Å²) in [5.41, 5.74) is 1.33. The molecule has 1 fully saturated rings. The summed E-state index contributed by atoms with van der Waals surface area (Å²) >= 11 is 0. The van der Waals surface area contributed by atoms with Gasteiger partial charge in [-0.25, -0.2) is 0 Å². The van der Waals surface area contributed by atoms with Crippen molar-refractivity contribution in [2.45, 2.75) is 25.8 Å². The quantitative estimate of drug-likeness (QED) is 0.870. The molecule has 0 saturated carbocycles. The molecule has 1 N–H and O–H groups in total. The molecule has 1 aromatic rings. The van der Waals surface area contributed by atoms with Gasteiger partial charge in [-0.2, -0.15) is 0 Å². The van der Waals surface area contributed by atoms with Crippen LogP contribution in [0.3, 0.4) is 0 Å². The van der Waals surface area contributed by atoms with E-state index in [9.17, 15) is 0 Å². The molecule has 18 heavy (non-hydrogen) atoms. The van der Waals surface area contributed by atoms with Crippen molar-refractivity contribution in [2.75, 3.05) is 26.9 Å². The van der Waals surface area contributed by atoms with Gasteiger partial charge in [0.1, 0.15) is 5.75 Å². The van der Waals surface area contributed by atoms with Crippen LogP contribution in [0.15, 0.2) is 24.3 Å². The highest BCUT2D eigenvalue weighted by atomic mass is 16.5. The van der Waals surface area contributed by atoms with E-state index in [1.54, 1.807) is 7.11 Å². The van der Waals surface area contributed by atoms with Crippen LogP contribution in [-0.4, -0.2) is 26.9 Å². The van der Waals surface area contributed by atoms with Gasteiger partial charge < -0.3 is 14.8 Å². The molecule has 2 unspecified atom stereocenters. The average Bonchev–Trinajstić information content (AvgIpc) is 2.46. The van der Waals surface area contributed by atoms with Gasteiger partial charge in [0.25, 0.3) is 0 Å². The summed E-state index contributed by atoms with van der Waals surface area (Å²) < 4.78 is 10.8. The maximum absolute atomic E-state index is 5.61. The third-order valence-electron chi connectivity index (χ3n) is 3.57. The molecule has 0 radical (unpaired) electrons. The second kappa shape index (κ2) is 6.76. The summed E-state index contributed by atoms with van der Waals surface area (Å²) in [6.07, 6.45) is 2.41. The second-order valence-electron chi connectivity index (χ2n) is 4.79. The Bertz CT molecular complexity index is 344. The van der Waals surface area contributed by atoms with E-state index in [0.29, 0.717) is 12.0 Å². The summed E-state index contributed by atoms with van der Waals surface area (Å²) in [7, 11) is 1.70. The van der Waals surface area contributed by atoms with E-state index in [1.165, 1.54) is 18.4 Å². The van der Waals surface area contributed by atoms with Crippen LogP contribution in [0.25, 0.3) is 0 Å². The Morgan fingerprint density at radius 2 is 2.17 bits per heavy atom. The van der Waals surface area contributed by atoms with Crippen LogP contribution in [-0.2, 0) is 4.74 Å². The maximum Gasteiger partial charge on any atom is 0.118 e. The molecular weight excluding hydrogens is 226 g/mol. The van der Waals surface area contributed by atoms with E-state index >= 15 is 0 Å². The number of rotatable bonds is 5. The first-order valence-electron chi connectivity index (χ1n) is 6.80. The first-order valence-corrected chi connectivity index (χ1v) is 6.80. The lowest BCUT2D eigenvalue weighted by molar-refractivity contribution is 0.0393. The molecular formula is C15H23NO2. The normalized spacial score (nSPS) is 21.6. The Morgan fingerprint density at radius 3 is 2.72 bits per heavy atom. The minimum absolute atomic E-state index is 0.390. The predicted octanol–water partition coefficient (Wildman–Crippen LogP) is 2.77. The van der Waals surface area contributed by atoms with Gasteiger partial charge in [-0.05, 0) is 37.1 Å². The van der Waals surface area contributed by atoms with Crippen molar-refractivity contribution >= 4 is 0 Å². The molecule has 100 valence electrons. The Hall–Kier alpha value is -1.06. The molecule has 1 aromatic carbocycles. The zero-order valence-corrected chi connectivity index (χ0v) is 11.3. The second-order valence-corrected chi connectivity index (χ2v) is 4.79. The van der Waals surface area contributed by atoms with E-state index in [4.69, 9.17) is 9.47 Å². The van der Waals surface area contributed by atoms with Crippen LogP contribution < -0.4 is 10.1 Å². The molecule has 1 saturated heterocycles. The van der Waals surface area contributed by atoms with Crippen molar-refractivity contribution < 1.29 is 9.47 Å². The van der Waals surface area contributed by atoms with Crippen molar-refractivity contribution in [2.24, 2.45) is 5.92 Å². The van der Waals surface area contributed by atoms with Crippen LogP contribution >= 0.6 is 0 Å². The van der Waals surface area contributed by atoms with Gasteiger partial charge in [-0.1, -0.05) is 19.1 Å². The maximum atomic E-state index is 5.61. The molecule has 0 bridgehead atoms. The van der Waals surface area contributed by atoms with E-state index in [0.717, 1.165) is 25.5 Å². The highest BCUT2D eigenvalue weighted by molar-refractivity contribution is 5.29. The predicted molar refractivity (Wildman–Crippen MR) is 73.0 cm³/mol. The molecule has 0 aromatic heterocycles. The highest BCUT2D eigenvalue weighted by Crippen LogP contribution is 2.29. The van der Waals surface area contributed by atoms with Crippen molar-refractivity contribution in [3.8, 4) is 5.75 Å². The van der Waals surface area contributed by atoms with Crippen LogP contribution in [0.5, 0.6) is 5.75 Å². The van der Waals surface area contributed by atoms with Crippen LogP contribution in [0.2, 0.25) is 0 Å². The van der Waals surface area contributed by atoms with Crippen molar-refractivity contribution in [1.29, 1.82) is 0 Å². The number of ether oxygens (including phenoxy) is 2. The Labute approximate surface area is 109 Å². The molecule has 1 aliphatic heterocycles. The van der Waals surface area contributed by atoms with Crippen molar-refractivity contribution in [3.63, 3.8) is 0 Å². The van der Waals surface area contributed by atoms with E-state index < -0.39 is 0 Å². The van der Waals surface area contributed by atoms with Crippen LogP contribution in [0.4, 0.5) is 0 Å². The van der Waals surface area contributed by atoms with Gasteiger partial charge in [0.2, 0.25) is 0 Å². The molecule has 1 heterocycles. The molecule has 2 atom stereocenters. The summed E-state index contributed by atoms with van der Waals surface area (Å²) in [5.74, 6) is 1.49. The van der Waals surface area contributed by atoms with Crippen LogP contribution in [0.1, 0.15) is 31.4 Å². The van der Waals surface area contributed by atoms with Gasteiger partial charge in [0, 0.05) is 18.6 Å². The molecule has 2 rings (SSSR count). The largest absolute Gasteiger partial charge is 0.497 e. The van der Waals surface area contributed by atoms with Gasteiger partial charge in [-0.15, -0.1) is 0 Å². The van der Waals surface area contributed by atoms with E-state index in [-0.39, 0.29) is 0 Å². The zero-order chi connectivity index (χ0) is 12.8. The highest BCUT2D eigenvalue weighted by Gasteiger charge is 2.24. The summed E-state index contributed by atoms with van der Waals surface area (Å²) in [6.45, 7) is 4.91. The minimum Gasteiger partial charge on any atom is -0.497 e. The lowest BCUT2D eigenvalue weighted by Crippen LogP contribution is -2.33. The van der Waals surface area contributed by atoms with E-state index in [1.807, 2.05) is 12.1 Å². The first-order chi connectivity index (χ1) is 8.85. The molecule has 3 heteroatoms. The number of hydrogen-bond donors (Lipinski definition) is 1. The molecule has 0 amide bonds. The number of benzene rings is 1. The summed E-state index contributed by atoms with van der Waals surface area (Å²) in [6, 6.07) is 8.76. The fourth-order valence-corrected chi connectivity index (χ4v) is 2.62.